The summed E-state index contributed by atoms with van der Waals surface area (Å²) >= 11 is 1.41. The van der Waals surface area contributed by atoms with Gasteiger partial charge in [0.1, 0.15) is 5.82 Å². The quantitative estimate of drug-likeness (QED) is 0.749. The van der Waals surface area contributed by atoms with Crippen LogP contribution in [0, 0.1) is 0 Å². The van der Waals surface area contributed by atoms with Crippen molar-refractivity contribution in [2.24, 2.45) is 0 Å². The van der Waals surface area contributed by atoms with Crippen molar-refractivity contribution >= 4 is 34.4 Å². The fraction of sp³-hybridized carbons (Fsp3) is 0.111. The minimum Gasteiger partial charge on any atom is -0.341 e. The highest BCUT2D eigenvalue weighted by molar-refractivity contribution is 7.12. The molecule has 0 aliphatic carbocycles. The molecule has 0 saturated heterocycles. The van der Waals surface area contributed by atoms with Gasteiger partial charge in [-0.2, -0.15) is 0 Å². The van der Waals surface area contributed by atoms with Gasteiger partial charge in [0.25, 0.3) is 5.91 Å². The molecular formula is C18H17N3OS. The molecule has 3 aromatic rings. The van der Waals surface area contributed by atoms with Gasteiger partial charge in [-0.05, 0) is 42.6 Å². The Kier molecular flexibility index (Phi) is 4.68. The van der Waals surface area contributed by atoms with Crippen LogP contribution < -0.4 is 10.2 Å². The topological polar surface area (TPSA) is 45.2 Å². The van der Waals surface area contributed by atoms with E-state index < -0.39 is 0 Å². The molecule has 0 saturated carbocycles. The minimum absolute atomic E-state index is 0.129. The Labute approximate surface area is 139 Å². The molecule has 3 rings (SSSR count). The molecule has 0 bridgehead atoms. The SMILES string of the molecule is CCN(c1ccccc1)c1ccc(NC(=O)c2cccs2)nc1. The molecule has 4 nitrogen and oxygen atoms in total. The van der Waals surface area contributed by atoms with E-state index in [9.17, 15) is 4.79 Å². The van der Waals surface area contributed by atoms with Crippen molar-refractivity contribution in [2.75, 3.05) is 16.8 Å². The Morgan fingerprint density at radius 3 is 2.52 bits per heavy atom. The van der Waals surface area contributed by atoms with Gasteiger partial charge in [0, 0.05) is 12.2 Å². The number of aromatic nitrogens is 1. The van der Waals surface area contributed by atoms with E-state index >= 15 is 0 Å². The van der Waals surface area contributed by atoms with Gasteiger partial charge in [0.15, 0.2) is 0 Å². The first-order valence-electron chi connectivity index (χ1n) is 7.41. The number of para-hydroxylation sites is 1. The van der Waals surface area contributed by atoms with Crippen molar-refractivity contribution < 1.29 is 4.79 Å². The summed E-state index contributed by atoms with van der Waals surface area (Å²) in [5.41, 5.74) is 2.11. The Bertz CT molecular complexity index is 755. The van der Waals surface area contributed by atoms with Gasteiger partial charge in [-0.3, -0.25) is 4.79 Å². The maximum atomic E-state index is 12.0. The lowest BCUT2D eigenvalue weighted by Gasteiger charge is -2.23. The standard InChI is InChI=1S/C18H17N3OS/c1-2-21(14-7-4-3-5-8-14)15-10-11-17(19-13-15)20-18(22)16-9-6-12-23-16/h3-13H,2H2,1H3,(H,19,20,22). The van der Waals surface area contributed by atoms with Gasteiger partial charge < -0.3 is 10.2 Å². The summed E-state index contributed by atoms with van der Waals surface area (Å²) in [5.74, 6) is 0.423. The lowest BCUT2D eigenvalue weighted by Crippen LogP contribution is -2.16. The zero-order valence-corrected chi connectivity index (χ0v) is 13.6. The normalized spacial score (nSPS) is 10.3. The van der Waals surface area contributed by atoms with Crippen molar-refractivity contribution in [1.82, 2.24) is 4.98 Å². The van der Waals surface area contributed by atoms with E-state index in [-0.39, 0.29) is 5.91 Å². The Morgan fingerprint density at radius 1 is 1.09 bits per heavy atom. The number of nitrogens with one attached hydrogen (secondary N) is 1. The number of rotatable bonds is 5. The van der Waals surface area contributed by atoms with Gasteiger partial charge in [-0.1, -0.05) is 24.3 Å². The van der Waals surface area contributed by atoms with Crippen LogP contribution >= 0.6 is 11.3 Å². The molecule has 1 N–H and O–H groups in total. The van der Waals surface area contributed by atoms with E-state index in [4.69, 9.17) is 0 Å². The zero-order chi connectivity index (χ0) is 16.1. The van der Waals surface area contributed by atoms with Crippen molar-refractivity contribution in [3.05, 3.63) is 71.1 Å². The van der Waals surface area contributed by atoms with E-state index in [0.717, 1.165) is 17.9 Å². The number of hydrogen-bond acceptors (Lipinski definition) is 4. The number of carbonyl (C=O) groups is 1. The van der Waals surface area contributed by atoms with Crippen molar-refractivity contribution in [3.63, 3.8) is 0 Å². The van der Waals surface area contributed by atoms with Gasteiger partial charge in [0.05, 0.1) is 16.8 Å². The molecule has 1 amide bonds. The zero-order valence-electron chi connectivity index (χ0n) is 12.8. The lowest BCUT2D eigenvalue weighted by atomic mass is 10.2. The molecule has 5 heteroatoms. The maximum absolute atomic E-state index is 12.0. The van der Waals surface area contributed by atoms with E-state index in [0.29, 0.717) is 10.7 Å². The predicted molar refractivity (Wildman–Crippen MR) is 95.6 cm³/mol. The summed E-state index contributed by atoms with van der Waals surface area (Å²) in [6.07, 6.45) is 1.78. The van der Waals surface area contributed by atoms with Crippen LogP contribution in [0.2, 0.25) is 0 Å². The highest BCUT2D eigenvalue weighted by Crippen LogP contribution is 2.24. The molecule has 0 spiro atoms. The van der Waals surface area contributed by atoms with E-state index in [2.05, 4.69) is 34.3 Å². The van der Waals surface area contributed by atoms with Crippen molar-refractivity contribution in [2.45, 2.75) is 6.92 Å². The van der Waals surface area contributed by atoms with Crippen LogP contribution in [0.1, 0.15) is 16.6 Å². The third kappa shape index (κ3) is 3.57. The van der Waals surface area contributed by atoms with Gasteiger partial charge in [0.2, 0.25) is 0 Å². The molecule has 116 valence electrons. The molecule has 0 aliphatic rings. The van der Waals surface area contributed by atoms with Crippen molar-refractivity contribution in [3.8, 4) is 0 Å². The summed E-state index contributed by atoms with van der Waals surface area (Å²) in [4.78, 5) is 19.2. The van der Waals surface area contributed by atoms with Gasteiger partial charge >= 0.3 is 0 Å². The van der Waals surface area contributed by atoms with E-state index in [1.54, 1.807) is 12.3 Å². The minimum atomic E-state index is -0.129. The monoisotopic (exact) mass is 323 g/mol. The highest BCUT2D eigenvalue weighted by Gasteiger charge is 2.10. The van der Waals surface area contributed by atoms with Crippen LogP contribution in [-0.4, -0.2) is 17.4 Å². The number of anilines is 3. The summed E-state index contributed by atoms with van der Waals surface area (Å²) in [6, 6.07) is 17.6. The fourth-order valence-electron chi connectivity index (χ4n) is 2.33. The van der Waals surface area contributed by atoms with Gasteiger partial charge in [-0.15, -0.1) is 11.3 Å². The molecular weight excluding hydrogens is 306 g/mol. The second kappa shape index (κ2) is 7.07. The average Bonchev–Trinajstić information content (AvgIpc) is 3.13. The summed E-state index contributed by atoms with van der Waals surface area (Å²) < 4.78 is 0. The summed E-state index contributed by atoms with van der Waals surface area (Å²) in [6.45, 7) is 2.94. The number of amides is 1. The molecule has 1 aromatic carbocycles. The Balaban J connectivity index is 1.75. The van der Waals surface area contributed by atoms with E-state index in [1.165, 1.54) is 11.3 Å². The van der Waals surface area contributed by atoms with Crippen LogP contribution in [0.3, 0.4) is 0 Å². The molecule has 0 radical (unpaired) electrons. The van der Waals surface area contributed by atoms with E-state index in [1.807, 2.05) is 41.8 Å². The Hall–Kier alpha value is -2.66. The van der Waals surface area contributed by atoms with Crippen LogP contribution in [0.15, 0.2) is 66.2 Å². The first-order valence-corrected chi connectivity index (χ1v) is 8.29. The molecule has 0 unspecified atom stereocenters. The van der Waals surface area contributed by atoms with Crippen LogP contribution in [-0.2, 0) is 0 Å². The lowest BCUT2D eigenvalue weighted by molar-refractivity contribution is 0.103. The van der Waals surface area contributed by atoms with Crippen LogP contribution in [0.5, 0.6) is 0 Å². The number of benzene rings is 1. The number of thiophene rings is 1. The second-order valence-electron chi connectivity index (χ2n) is 4.91. The molecule has 0 aliphatic heterocycles. The smallest absolute Gasteiger partial charge is 0.266 e. The summed E-state index contributed by atoms with van der Waals surface area (Å²) in [7, 11) is 0. The fourth-order valence-corrected chi connectivity index (χ4v) is 2.95. The molecule has 0 fully saturated rings. The van der Waals surface area contributed by atoms with Crippen molar-refractivity contribution in [1.29, 1.82) is 0 Å². The third-order valence-electron chi connectivity index (χ3n) is 3.43. The third-order valence-corrected chi connectivity index (χ3v) is 4.30. The van der Waals surface area contributed by atoms with Crippen LogP contribution in [0.4, 0.5) is 17.2 Å². The molecule has 0 atom stereocenters. The molecule has 23 heavy (non-hydrogen) atoms. The first kappa shape index (κ1) is 15.2. The number of nitrogens with zero attached hydrogens (tertiary/aromatic N) is 2. The Morgan fingerprint density at radius 2 is 1.91 bits per heavy atom. The molecule has 2 aromatic heterocycles. The van der Waals surface area contributed by atoms with Gasteiger partial charge in [-0.25, -0.2) is 4.98 Å². The number of hydrogen-bond donors (Lipinski definition) is 1. The summed E-state index contributed by atoms with van der Waals surface area (Å²) in [5, 5.41) is 4.69. The largest absolute Gasteiger partial charge is 0.341 e. The highest BCUT2D eigenvalue weighted by atomic mass is 32.1. The molecule has 2 heterocycles. The number of pyridine rings is 1. The average molecular weight is 323 g/mol. The van der Waals surface area contributed by atoms with Crippen LogP contribution in [0.25, 0.3) is 0 Å². The predicted octanol–water partition coefficient (Wildman–Crippen LogP) is 4.55. The first-order chi connectivity index (χ1) is 11.3. The maximum Gasteiger partial charge on any atom is 0.266 e. The number of carbonyl (C=O) groups excluding carboxylic acids is 1. The second-order valence-corrected chi connectivity index (χ2v) is 5.86.